The lowest BCUT2D eigenvalue weighted by Gasteiger charge is -2.01. The Morgan fingerprint density at radius 1 is 1.23 bits per heavy atom. The standard InChI is InChI=1S/C16H13FN4O/c17-13-5-3-4-12(10-13)7-8-16(22)18-11-15-20-19-14-6-1-2-9-21(14)15/h1-10H,11H2,(H,18,22)/b8-7+. The highest BCUT2D eigenvalue weighted by molar-refractivity contribution is 5.91. The molecule has 1 amide bonds. The van der Waals surface area contributed by atoms with Gasteiger partial charge in [0, 0.05) is 12.3 Å². The molecule has 0 radical (unpaired) electrons. The monoisotopic (exact) mass is 296 g/mol. The molecule has 0 saturated heterocycles. The van der Waals surface area contributed by atoms with Crippen molar-refractivity contribution in [2.75, 3.05) is 0 Å². The average molecular weight is 296 g/mol. The topological polar surface area (TPSA) is 59.3 Å². The van der Waals surface area contributed by atoms with E-state index in [0.29, 0.717) is 11.4 Å². The number of carbonyl (C=O) groups is 1. The maximum Gasteiger partial charge on any atom is 0.244 e. The van der Waals surface area contributed by atoms with Crippen LogP contribution in [-0.4, -0.2) is 20.5 Å². The summed E-state index contributed by atoms with van der Waals surface area (Å²) in [4.78, 5) is 11.8. The van der Waals surface area contributed by atoms with Crippen LogP contribution in [0.2, 0.25) is 0 Å². The largest absolute Gasteiger partial charge is 0.345 e. The highest BCUT2D eigenvalue weighted by Gasteiger charge is 2.05. The number of hydrogen-bond acceptors (Lipinski definition) is 3. The van der Waals surface area contributed by atoms with Gasteiger partial charge in [-0.3, -0.25) is 9.20 Å². The minimum Gasteiger partial charge on any atom is -0.345 e. The number of amides is 1. The van der Waals surface area contributed by atoms with Gasteiger partial charge in [0.05, 0.1) is 6.54 Å². The lowest BCUT2D eigenvalue weighted by Crippen LogP contribution is -2.21. The fraction of sp³-hybridized carbons (Fsp3) is 0.0625. The molecule has 0 saturated carbocycles. The molecule has 0 fully saturated rings. The number of fused-ring (bicyclic) bond motifs is 1. The molecule has 3 aromatic rings. The molecule has 22 heavy (non-hydrogen) atoms. The van der Waals surface area contributed by atoms with Gasteiger partial charge in [0.1, 0.15) is 5.82 Å². The van der Waals surface area contributed by atoms with Crippen LogP contribution in [0.5, 0.6) is 0 Å². The molecule has 110 valence electrons. The van der Waals surface area contributed by atoms with Crippen LogP contribution in [0.15, 0.2) is 54.7 Å². The number of nitrogens with one attached hydrogen (secondary N) is 1. The van der Waals surface area contributed by atoms with Gasteiger partial charge in [-0.05, 0) is 35.9 Å². The number of benzene rings is 1. The first-order valence-corrected chi connectivity index (χ1v) is 6.72. The Balaban J connectivity index is 1.63. The summed E-state index contributed by atoms with van der Waals surface area (Å²) < 4.78 is 14.8. The van der Waals surface area contributed by atoms with Gasteiger partial charge in [0.15, 0.2) is 11.5 Å². The number of rotatable bonds is 4. The Morgan fingerprint density at radius 3 is 3.00 bits per heavy atom. The van der Waals surface area contributed by atoms with Crippen molar-refractivity contribution in [2.24, 2.45) is 0 Å². The van der Waals surface area contributed by atoms with Crippen LogP contribution in [-0.2, 0) is 11.3 Å². The summed E-state index contributed by atoms with van der Waals surface area (Å²) in [7, 11) is 0. The second-order valence-corrected chi connectivity index (χ2v) is 4.65. The molecule has 0 bridgehead atoms. The van der Waals surface area contributed by atoms with Crippen molar-refractivity contribution in [3.8, 4) is 0 Å². The molecule has 1 aromatic carbocycles. The highest BCUT2D eigenvalue weighted by Crippen LogP contribution is 2.05. The lowest BCUT2D eigenvalue weighted by molar-refractivity contribution is -0.116. The third kappa shape index (κ3) is 3.17. The predicted molar refractivity (Wildman–Crippen MR) is 80.3 cm³/mol. The van der Waals surface area contributed by atoms with E-state index in [4.69, 9.17) is 0 Å². The number of nitrogens with zero attached hydrogens (tertiary/aromatic N) is 3. The lowest BCUT2D eigenvalue weighted by atomic mass is 10.2. The van der Waals surface area contributed by atoms with Crippen LogP contribution < -0.4 is 5.32 Å². The van der Waals surface area contributed by atoms with Crippen LogP contribution in [0.4, 0.5) is 4.39 Å². The minimum atomic E-state index is -0.336. The zero-order valence-corrected chi connectivity index (χ0v) is 11.6. The molecule has 3 rings (SSSR count). The highest BCUT2D eigenvalue weighted by atomic mass is 19.1. The maximum absolute atomic E-state index is 13.0. The summed E-state index contributed by atoms with van der Waals surface area (Å²) >= 11 is 0. The van der Waals surface area contributed by atoms with Crippen molar-refractivity contribution in [1.29, 1.82) is 0 Å². The zero-order chi connectivity index (χ0) is 15.4. The Kier molecular flexibility index (Phi) is 3.91. The summed E-state index contributed by atoms with van der Waals surface area (Å²) in [6.45, 7) is 0.261. The molecule has 2 aromatic heterocycles. The zero-order valence-electron chi connectivity index (χ0n) is 11.6. The van der Waals surface area contributed by atoms with Crippen molar-refractivity contribution >= 4 is 17.6 Å². The van der Waals surface area contributed by atoms with E-state index in [1.165, 1.54) is 18.2 Å². The quantitative estimate of drug-likeness (QED) is 0.751. The number of pyridine rings is 1. The minimum absolute atomic E-state index is 0.261. The van der Waals surface area contributed by atoms with Crippen LogP contribution in [0.25, 0.3) is 11.7 Å². The Bertz CT molecular complexity index is 841. The smallest absolute Gasteiger partial charge is 0.244 e. The van der Waals surface area contributed by atoms with Gasteiger partial charge in [0.25, 0.3) is 0 Å². The second kappa shape index (κ2) is 6.17. The van der Waals surface area contributed by atoms with E-state index in [-0.39, 0.29) is 18.3 Å². The van der Waals surface area contributed by atoms with Gasteiger partial charge in [0.2, 0.25) is 5.91 Å². The molecule has 6 heteroatoms. The molecule has 0 spiro atoms. The molecule has 0 unspecified atom stereocenters. The fourth-order valence-corrected chi connectivity index (χ4v) is 2.02. The molecule has 2 heterocycles. The van der Waals surface area contributed by atoms with E-state index in [2.05, 4.69) is 15.5 Å². The van der Waals surface area contributed by atoms with Gasteiger partial charge >= 0.3 is 0 Å². The Morgan fingerprint density at radius 2 is 2.14 bits per heavy atom. The predicted octanol–water partition coefficient (Wildman–Crippen LogP) is 2.20. The van der Waals surface area contributed by atoms with Crippen molar-refractivity contribution in [1.82, 2.24) is 19.9 Å². The van der Waals surface area contributed by atoms with Gasteiger partial charge < -0.3 is 5.32 Å². The molecule has 0 aliphatic rings. The molecule has 0 aliphatic carbocycles. The van der Waals surface area contributed by atoms with Gasteiger partial charge in [-0.1, -0.05) is 18.2 Å². The first kappa shape index (κ1) is 13.9. The number of halogens is 1. The number of hydrogen-bond donors (Lipinski definition) is 1. The van der Waals surface area contributed by atoms with E-state index in [0.717, 1.165) is 5.65 Å². The maximum atomic E-state index is 13.0. The van der Waals surface area contributed by atoms with Crippen LogP contribution in [0.1, 0.15) is 11.4 Å². The van der Waals surface area contributed by atoms with E-state index in [1.807, 2.05) is 24.4 Å². The molecule has 0 aliphatic heterocycles. The SMILES string of the molecule is O=C(/C=C/c1cccc(F)c1)NCc1nnc2ccccn12. The molecule has 5 nitrogen and oxygen atoms in total. The normalized spacial score (nSPS) is 11.1. The van der Waals surface area contributed by atoms with Crippen molar-refractivity contribution < 1.29 is 9.18 Å². The summed E-state index contributed by atoms with van der Waals surface area (Å²) in [6, 6.07) is 11.6. The van der Waals surface area contributed by atoms with Crippen molar-refractivity contribution in [2.45, 2.75) is 6.54 Å². The second-order valence-electron chi connectivity index (χ2n) is 4.65. The van der Waals surface area contributed by atoms with Crippen LogP contribution in [0, 0.1) is 5.82 Å². The fourth-order valence-electron chi connectivity index (χ4n) is 2.02. The van der Waals surface area contributed by atoms with Crippen molar-refractivity contribution in [3.63, 3.8) is 0 Å². The molecule has 0 atom stereocenters. The van der Waals surface area contributed by atoms with E-state index in [1.54, 1.807) is 22.6 Å². The summed E-state index contributed by atoms with van der Waals surface area (Å²) in [5.41, 5.74) is 1.35. The van der Waals surface area contributed by atoms with Crippen molar-refractivity contribution in [3.05, 3.63) is 71.9 Å². The Hall–Kier alpha value is -3.02. The third-order valence-electron chi connectivity index (χ3n) is 3.08. The molecular weight excluding hydrogens is 283 g/mol. The first-order chi connectivity index (χ1) is 10.7. The van der Waals surface area contributed by atoms with Gasteiger partial charge in [-0.25, -0.2) is 4.39 Å². The van der Waals surface area contributed by atoms with E-state index >= 15 is 0 Å². The summed E-state index contributed by atoms with van der Waals surface area (Å²) in [5.74, 6) is 0.0255. The third-order valence-corrected chi connectivity index (χ3v) is 3.08. The Labute approximate surface area is 126 Å². The molecular formula is C16H13FN4O. The van der Waals surface area contributed by atoms with Gasteiger partial charge in [-0.15, -0.1) is 10.2 Å². The first-order valence-electron chi connectivity index (χ1n) is 6.72. The average Bonchev–Trinajstić information content (AvgIpc) is 2.94. The summed E-state index contributed by atoms with van der Waals surface area (Å²) in [5, 5.41) is 10.7. The number of aromatic nitrogens is 3. The van der Waals surface area contributed by atoms with E-state index in [9.17, 15) is 9.18 Å². The van der Waals surface area contributed by atoms with Crippen LogP contribution >= 0.6 is 0 Å². The van der Waals surface area contributed by atoms with Gasteiger partial charge in [-0.2, -0.15) is 0 Å². The number of carbonyl (C=O) groups excluding carboxylic acids is 1. The summed E-state index contributed by atoms with van der Waals surface area (Å²) in [6.07, 6.45) is 4.75. The molecule has 1 N–H and O–H groups in total. The van der Waals surface area contributed by atoms with Crippen LogP contribution in [0.3, 0.4) is 0 Å². The van der Waals surface area contributed by atoms with E-state index < -0.39 is 0 Å².